The standard InChI is InChI=1S/C14H23N5O2/c1-2-5-17-6-3-11(4-7-17)18-8-12(9-18)19-10-13(14(20)21)15-16-19/h10-12H,2-9H2,1H3,(H,20,21). The SMILES string of the molecule is CCCN1CCC(N2CC(n3cc(C(=O)O)nn3)C2)CC1. The first-order chi connectivity index (χ1) is 10.2. The van der Waals surface area contributed by atoms with Crippen molar-refractivity contribution in [3.63, 3.8) is 0 Å². The first kappa shape index (κ1) is 14.5. The third kappa shape index (κ3) is 3.08. The minimum atomic E-state index is -1.01. The second-order valence-corrected chi connectivity index (χ2v) is 6.07. The van der Waals surface area contributed by atoms with Crippen molar-refractivity contribution < 1.29 is 9.90 Å². The van der Waals surface area contributed by atoms with E-state index in [0.717, 1.165) is 13.1 Å². The highest BCUT2D eigenvalue weighted by atomic mass is 16.4. The molecule has 2 fully saturated rings. The van der Waals surface area contributed by atoms with Gasteiger partial charge in [0, 0.05) is 19.1 Å². The molecule has 1 aromatic rings. The maximum Gasteiger partial charge on any atom is 0.358 e. The van der Waals surface area contributed by atoms with Gasteiger partial charge in [-0.15, -0.1) is 5.10 Å². The molecule has 1 aromatic heterocycles. The topological polar surface area (TPSA) is 74.5 Å². The van der Waals surface area contributed by atoms with Crippen molar-refractivity contribution in [3.8, 4) is 0 Å². The first-order valence-corrected chi connectivity index (χ1v) is 7.79. The number of rotatable bonds is 5. The number of likely N-dealkylation sites (tertiary alicyclic amines) is 2. The van der Waals surface area contributed by atoms with E-state index in [1.807, 2.05) is 0 Å². The van der Waals surface area contributed by atoms with Gasteiger partial charge < -0.3 is 10.0 Å². The molecule has 21 heavy (non-hydrogen) atoms. The van der Waals surface area contributed by atoms with E-state index < -0.39 is 5.97 Å². The van der Waals surface area contributed by atoms with E-state index in [0.29, 0.717) is 6.04 Å². The molecule has 0 unspecified atom stereocenters. The molecular weight excluding hydrogens is 270 g/mol. The molecule has 0 amide bonds. The number of hydrogen-bond donors (Lipinski definition) is 1. The lowest BCUT2D eigenvalue weighted by molar-refractivity contribution is 0.0198. The Kier molecular flexibility index (Phi) is 4.21. The van der Waals surface area contributed by atoms with Gasteiger partial charge in [0.15, 0.2) is 5.69 Å². The molecule has 0 radical (unpaired) electrons. The summed E-state index contributed by atoms with van der Waals surface area (Å²) in [6.45, 7) is 7.77. The average Bonchev–Trinajstić information content (AvgIpc) is 2.89. The zero-order valence-electron chi connectivity index (χ0n) is 12.5. The molecule has 0 aliphatic carbocycles. The Morgan fingerprint density at radius 1 is 1.33 bits per heavy atom. The Labute approximate surface area is 124 Å². The van der Waals surface area contributed by atoms with E-state index in [1.165, 1.54) is 45.1 Å². The molecule has 0 bridgehead atoms. The van der Waals surface area contributed by atoms with Crippen LogP contribution in [0, 0.1) is 0 Å². The average molecular weight is 293 g/mol. The van der Waals surface area contributed by atoms with Gasteiger partial charge in [-0.05, 0) is 38.9 Å². The number of carboxylic acid groups (broad SMARTS) is 1. The fourth-order valence-corrected chi connectivity index (χ4v) is 3.33. The molecule has 1 N–H and O–H groups in total. The van der Waals surface area contributed by atoms with Crippen LogP contribution in [0.2, 0.25) is 0 Å². The summed E-state index contributed by atoms with van der Waals surface area (Å²) in [5, 5.41) is 16.5. The minimum Gasteiger partial charge on any atom is -0.476 e. The molecule has 0 aromatic carbocycles. The highest BCUT2D eigenvalue weighted by Gasteiger charge is 2.35. The molecule has 2 saturated heterocycles. The fraction of sp³-hybridized carbons (Fsp3) is 0.786. The number of carboxylic acids is 1. The third-order valence-corrected chi connectivity index (χ3v) is 4.61. The third-order valence-electron chi connectivity index (χ3n) is 4.61. The number of hydrogen-bond acceptors (Lipinski definition) is 5. The van der Waals surface area contributed by atoms with Crippen LogP contribution in [0.4, 0.5) is 0 Å². The summed E-state index contributed by atoms with van der Waals surface area (Å²) in [5.41, 5.74) is 0.0290. The second kappa shape index (κ2) is 6.11. The van der Waals surface area contributed by atoms with Crippen molar-refractivity contribution in [2.75, 3.05) is 32.7 Å². The van der Waals surface area contributed by atoms with Crippen molar-refractivity contribution in [2.45, 2.75) is 38.3 Å². The molecular formula is C14H23N5O2. The molecule has 2 aliphatic heterocycles. The zero-order chi connectivity index (χ0) is 14.8. The van der Waals surface area contributed by atoms with Gasteiger partial charge in [0.1, 0.15) is 0 Å². The summed E-state index contributed by atoms with van der Waals surface area (Å²) >= 11 is 0. The molecule has 7 heteroatoms. The summed E-state index contributed by atoms with van der Waals surface area (Å²) in [6, 6.07) is 0.955. The Hall–Kier alpha value is -1.47. The molecule has 0 spiro atoms. The van der Waals surface area contributed by atoms with E-state index in [4.69, 9.17) is 5.11 Å². The molecule has 3 rings (SSSR count). The van der Waals surface area contributed by atoms with Gasteiger partial charge in [-0.2, -0.15) is 0 Å². The quantitative estimate of drug-likeness (QED) is 0.862. The van der Waals surface area contributed by atoms with Crippen LogP contribution >= 0.6 is 0 Å². The Bertz CT molecular complexity index is 489. The lowest BCUT2D eigenvalue weighted by Gasteiger charge is -2.46. The summed E-state index contributed by atoms with van der Waals surface area (Å²) in [5.74, 6) is -1.01. The fourth-order valence-electron chi connectivity index (χ4n) is 3.33. The predicted octanol–water partition coefficient (Wildman–Crippen LogP) is 0.707. The van der Waals surface area contributed by atoms with Gasteiger partial charge in [0.2, 0.25) is 0 Å². The summed E-state index contributed by atoms with van der Waals surface area (Å²) in [4.78, 5) is 15.9. The largest absolute Gasteiger partial charge is 0.476 e. The van der Waals surface area contributed by atoms with Crippen LogP contribution in [-0.4, -0.2) is 74.6 Å². The van der Waals surface area contributed by atoms with E-state index >= 15 is 0 Å². The smallest absolute Gasteiger partial charge is 0.358 e. The highest BCUT2D eigenvalue weighted by molar-refractivity contribution is 5.84. The monoisotopic (exact) mass is 293 g/mol. The van der Waals surface area contributed by atoms with Crippen molar-refractivity contribution in [1.29, 1.82) is 0 Å². The number of nitrogens with zero attached hydrogens (tertiary/aromatic N) is 5. The van der Waals surface area contributed by atoms with Crippen LogP contribution in [0.5, 0.6) is 0 Å². The van der Waals surface area contributed by atoms with Crippen molar-refractivity contribution in [2.24, 2.45) is 0 Å². The van der Waals surface area contributed by atoms with Crippen LogP contribution in [0.15, 0.2) is 6.20 Å². The molecule has 116 valence electrons. The number of aromatic nitrogens is 3. The lowest BCUT2D eigenvalue weighted by atomic mass is 9.97. The van der Waals surface area contributed by atoms with Crippen LogP contribution in [0.1, 0.15) is 42.7 Å². The summed E-state index contributed by atoms with van der Waals surface area (Å²) in [7, 11) is 0. The van der Waals surface area contributed by atoms with Gasteiger partial charge in [-0.1, -0.05) is 12.1 Å². The first-order valence-electron chi connectivity index (χ1n) is 7.79. The number of piperidine rings is 1. The van der Waals surface area contributed by atoms with Gasteiger partial charge >= 0.3 is 5.97 Å². The maximum atomic E-state index is 10.8. The van der Waals surface area contributed by atoms with E-state index in [1.54, 1.807) is 4.68 Å². The Morgan fingerprint density at radius 2 is 2.05 bits per heavy atom. The molecule has 0 atom stereocenters. The molecule has 0 saturated carbocycles. The van der Waals surface area contributed by atoms with E-state index in [-0.39, 0.29) is 11.7 Å². The summed E-state index contributed by atoms with van der Waals surface area (Å²) < 4.78 is 1.70. The minimum absolute atomic E-state index is 0.0290. The van der Waals surface area contributed by atoms with Crippen molar-refractivity contribution >= 4 is 5.97 Å². The number of carbonyl (C=O) groups is 1. The van der Waals surface area contributed by atoms with Crippen molar-refractivity contribution in [1.82, 2.24) is 24.8 Å². The lowest BCUT2D eigenvalue weighted by Crippen LogP contribution is -2.55. The zero-order valence-corrected chi connectivity index (χ0v) is 12.5. The van der Waals surface area contributed by atoms with Gasteiger partial charge in [-0.3, -0.25) is 4.90 Å². The van der Waals surface area contributed by atoms with Crippen LogP contribution in [0.3, 0.4) is 0 Å². The molecule has 2 aliphatic rings. The van der Waals surface area contributed by atoms with E-state index in [9.17, 15) is 4.79 Å². The Morgan fingerprint density at radius 3 is 2.62 bits per heavy atom. The van der Waals surface area contributed by atoms with Gasteiger partial charge in [-0.25, -0.2) is 9.48 Å². The van der Waals surface area contributed by atoms with Crippen molar-refractivity contribution in [3.05, 3.63) is 11.9 Å². The molecule has 3 heterocycles. The normalized spacial score (nSPS) is 22.3. The predicted molar refractivity (Wildman–Crippen MR) is 77.3 cm³/mol. The second-order valence-electron chi connectivity index (χ2n) is 6.07. The Balaban J connectivity index is 1.46. The molecule has 7 nitrogen and oxygen atoms in total. The van der Waals surface area contributed by atoms with E-state index in [2.05, 4.69) is 27.0 Å². The van der Waals surface area contributed by atoms with Gasteiger partial charge in [0.05, 0.1) is 12.2 Å². The van der Waals surface area contributed by atoms with Gasteiger partial charge in [0.25, 0.3) is 0 Å². The van der Waals surface area contributed by atoms with Crippen LogP contribution in [-0.2, 0) is 0 Å². The highest BCUT2D eigenvalue weighted by Crippen LogP contribution is 2.27. The number of aromatic carboxylic acids is 1. The summed E-state index contributed by atoms with van der Waals surface area (Å²) in [6.07, 6.45) is 5.25. The van der Waals surface area contributed by atoms with Crippen LogP contribution in [0.25, 0.3) is 0 Å². The van der Waals surface area contributed by atoms with Crippen LogP contribution < -0.4 is 0 Å². The maximum absolute atomic E-state index is 10.8.